The highest BCUT2D eigenvalue weighted by Gasteiger charge is 2.30. The Morgan fingerprint density at radius 1 is 0.844 bits per heavy atom. The minimum absolute atomic E-state index is 0.0402. The summed E-state index contributed by atoms with van der Waals surface area (Å²) in [7, 11) is 0. The maximum Gasteiger partial charge on any atom is 0.326 e. The van der Waals surface area contributed by atoms with Crippen molar-refractivity contribution in [3.8, 4) is 0 Å². The van der Waals surface area contributed by atoms with Crippen LogP contribution in [0.1, 0.15) is 53.4 Å². The molecule has 0 rings (SSSR count). The van der Waals surface area contributed by atoms with Crippen molar-refractivity contribution in [2.45, 2.75) is 71.5 Å². The van der Waals surface area contributed by atoms with Crippen LogP contribution >= 0.6 is 0 Å². The molecule has 10 N–H and O–H groups in total. The largest absolute Gasteiger partial charge is 0.480 e. The number of carboxylic acid groups (broad SMARTS) is 1. The molecule has 12 nitrogen and oxygen atoms in total. The maximum atomic E-state index is 12.9. The molecule has 32 heavy (non-hydrogen) atoms. The van der Waals surface area contributed by atoms with Gasteiger partial charge in [-0.05, 0) is 37.5 Å². The number of nitrogens with zero attached hydrogens (tertiary/aromatic N) is 1. The molecule has 0 radical (unpaired) electrons. The molecule has 0 aliphatic heterocycles. The predicted molar refractivity (Wildman–Crippen MR) is 121 cm³/mol. The minimum atomic E-state index is -1.14. The van der Waals surface area contributed by atoms with E-state index in [4.69, 9.17) is 17.2 Å². The molecule has 0 aliphatic rings. The summed E-state index contributed by atoms with van der Waals surface area (Å²) in [4.78, 5) is 52.8. The summed E-state index contributed by atoms with van der Waals surface area (Å²) in [6.07, 6.45) is 1.16. The van der Waals surface area contributed by atoms with Crippen molar-refractivity contribution in [2.24, 2.45) is 34.0 Å². The smallest absolute Gasteiger partial charge is 0.326 e. The lowest BCUT2D eigenvalue weighted by Gasteiger charge is -2.26. The van der Waals surface area contributed by atoms with Crippen molar-refractivity contribution in [1.82, 2.24) is 16.0 Å². The molecule has 0 spiro atoms. The van der Waals surface area contributed by atoms with Crippen LogP contribution in [0.4, 0.5) is 0 Å². The molecular weight excluding hydrogens is 418 g/mol. The van der Waals surface area contributed by atoms with Gasteiger partial charge in [-0.25, -0.2) is 4.79 Å². The zero-order valence-electron chi connectivity index (χ0n) is 19.4. The minimum Gasteiger partial charge on any atom is -0.480 e. The van der Waals surface area contributed by atoms with Crippen LogP contribution in [0.5, 0.6) is 0 Å². The Morgan fingerprint density at radius 2 is 1.34 bits per heavy atom. The molecule has 0 bridgehead atoms. The van der Waals surface area contributed by atoms with Crippen LogP contribution in [0.2, 0.25) is 0 Å². The normalized spacial score (nSPS) is 13.7. The Morgan fingerprint density at radius 3 is 1.81 bits per heavy atom. The molecular formula is C20H39N7O5. The molecule has 0 saturated heterocycles. The van der Waals surface area contributed by atoms with Crippen LogP contribution in [-0.4, -0.2) is 66.0 Å². The number of carbonyl (C=O) groups excluding carboxylic acids is 3. The lowest BCUT2D eigenvalue weighted by Crippen LogP contribution is -2.56. The fraction of sp³-hybridized carbons (Fsp3) is 0.750. The molecule has 0 saturated carbocycles. The van der Waals surface area contributed by atoms with Crippen LogP contribution < -0.4 is 33.2 Å². The summed E-state index contributed by atoms with van der Waals surface area (Å²) in [5.74, 6) is -2.83. The van der Waals surface area contributed by atoms with Crippen LogP contribution in [0.15, 0.2) is 4.99 Å². The quantitative estimate of drug-likeness (QED) is 0.0882. The van der Waals surface area contributed by atoms with E-state index in [1.54, 1.807) is 0 Å². The molecule has 12 heteroatoms. The Kier molecular flexibility index (Phi) is 13.6. The molecule has 0 aromatic carbocycles. The monoisotopic (exact) mass is 457 g/mol. The Bertz CT molecular complexity index is 663. The van der Waals surface area contributed by atoms with Gasteiger partial charge >= 0.3 is 5.97 Å². The van der Waals surface area contributed by atoms with Crippen molar-refractivity contribution >= 4 is 29.7 Å². The van der Waals surface area contributed by atoms with E-state index >= 15 is 0 Å². The van der Waals surface area contributed by atoms with Gasteiger partial charge in [-0.2, -0.15) is 0 Å². The van der Waals surface area contributed by atoms with Crippen molar-refractivity contribution in [3.63, 3.8) is 0 Å². The van der Waals surface area contributed by atoms with Crippen LogP contribution in [0.25, 0.3) is 0 Å². The van der Waals surface area contributed by atoms with Gasteiger partial charge in [-0.15, -0.1) is 0 Å². The summed E-state index contributed by atoms with van der Waals surface area (Å²) in [6, 6.07) is -2.98. The molecule has 3 unspecified atom stereocenters. The highest BCUT2D eigenvalue weighted by Crippen LogP contribution is 2.10. The van der Waals surface area contributed by atoms with E-state index in [1.807, 2.05) is 27.7 Å². The number of aliphatic imine (C=N–C) groups is 1. The first-order valence-corrected chi connectivity index (χ1v) is 10.8. The fourth-order valence-electron chi connectivity index (χ4n) is 2.97. The van der Waals surface area contributed by atoms with Crippen molar-refractivity contribution in [2.75, 3.05) is 13.1 Å². The lowest BCUT2D eigenvalue weighted by molar-refractivity contribution is -0.143. The van der Waals surface area contributed by atoms with Gasteiger partial charge in [0.15, 0.2) is 5.96 Å². The van der Waals surface area contributed by atoms with E-state index in [1.165, 1.54) is 0 Å². The first-order valence-electron chi connectivity index (χ1n) is 10.8. The number of guanidine groups is 1. The van der Waals surface area contributed by atoms with Crippen LogP contribution in [-0.2, 0) is 19.2 Å². The molecule has 0 aliphatic carbocycles. The number of hydrogen-bond donors (Lipinski definition) is 7. The van der Waals surface area contributed by atoms with E-state index in [0.717, 1.165) is 0 Å². The van der Waals surface area contributed by atoms with Gasteiger partial charge in [0.1, 0.15) is 18.1 Å². The summed E-state index contributed by atoms with van der Waals surface area (Å²) in [5.41, 5.74) is 15.9. The molecule has 0 fully saturated rings. The number of hydrogen-bond acceptors (Lipinski definition) is 6. The standard InChI is InChI=1S/C20H39N7O5/c1-11(2)8-14(18(30)27-15(19(31)32)9-12(3)4)26-17(29)13(25-16(28)10-21)6-5-7-24-20(22)23/h11-15H,5-10,21H2,1-4H3,(H,25,28)(H,26,29)(H,27,30)(H,31,32)(H4,22,23,24). The molecule has 0 aromatic rings. The second kappa shape index (κ2) is 15.0. The molecule has 184 valence electrons. The number of amides is 3. The summed E-state index contributed by atoms with van der Waals surface area (Å²) >= 11 is 0. The van der Waals surface area contributed by atoms with E-state index < -0.39 is 41.8 Å². The average molecular weight is 458 g/mol. The van der Waals surface area contributed by atoms with E-state index in [9.17, 15) is 24.3 Å². The van der Waals surface area contributed by atoms with Gasteiger partial charge in [-0.1, -0.05) is 27.7 Å². The van der Waals surface area contributed by atoms with E-state index in [-0.39, 0.29) is 50.1 Å². The van der Waals surface area contributed by atoms with Gasteiger partial charge in [0.05, 0.1) is 6.54 Å². The zero-order chi connectivity index (χ0) is 24.8. The fourth-order valence-corrected chi connectivity index (χ4v) is 2.97. The Balaban J connectivity index is 5.38. The summed E-state index contributed by atoms with van der Waals surface area (Å²) in [6.45, 7) is 7.40. The zero-order valence-corrected chi connectivity index (χ0v) is 19.4. The first-order chi connectivity index (χ1) is 14.9. The van der Waals surface area contributed by atoms with Gasteiger partial charge in [0, 0.05) is 6.54 Å². The SMILES string of the molecule is CC(C)CC(NC(=O)C(CC(C)C)NC(=O)C(CCCN=C(N)N)NC(=O)CN)C(=O)O. The van der Waals surface area contributed by atoms with Crippen molar-refractivity contribution in [3.05, 3.63) is 0 Å². The van der Waals surface area contributed by atoms with Gasteiger partial charge in [0.25, 0.3) is 0 Å². The van der Waals surface area contributed by atoms with Crippen molar-refractivity contribution < 1.29 is 24.3 Å². The topological polar surface area (TPSA) is 215 Å². The Labute approximate surface area is 189 Å². The van der Waals surface area contributed by atoms with Crippen LogP contribution in [0, 0.1) is 11.8 Å². The van der Waals surface area contributed by atoms with Crippen molar-refractivity contribution in [1.29, 1.82) is 0 Å². The first kappa shape index (κ1) is 29.1. The summed E-state index contributed by atoms with van der Waals surface area (Å²) < 4.78 is 0. The van der Waals surface area contributed by atoms with E-state index in [2.05, 4.69) is 20.9 Å². The number of nitrogens with one attached hydrogen (secondary N) is 3. The number of rotatable bonds is 15. The van der Waals surface area contributed by atoms with E-state index in [0.29, 0.717) is 6.42 Å². The highest BCUT2D eigenvalue weighted by atomic mass is 16.4. The molecule has 3 atom stereocenters. The molecule has 0 aromatic heterocycles. The molecule has 0 heterocycles. The number of carboxylic acids is 1. The number of carbonyl (C=O) groups is 4. The summed E-state index contributed by atoms with van der Waals surface area (Å²) in [5, 5.41) is 17.1. The van der Waals surface area contributed by atoms with Gasteiger partial charge < -0.3 is 38.3 Å². The van der Waals surface area contributed by atoms with Gasteiger partial charge in [0.2, 0.25) is 17.7 Å². The number of aliphatic carboxylic acids is 1. The lowest BCUT2D eigenvalue weighted by atomic mass is 10.00. The predicted octanol–water partition coefficient (Wildman–Crippen LogP) is -1.37. The third kappa shape index (κ3) is 12.7. The highest BCUT2D eigenvalue weighted by molar-refractivity contribution is 5.93. The second-order valence-electron chi connectivity index (χ2n) is 8.49. The Hall–Kier alpha value is -2.89. The number of nitrogens with two attached hydrogens (primary N) is 3. The third-order valence-electron chi connectivity index (χ3n) is 4.44. The molecule has 3 amide bonds. The maximum absolute atomic E-state index is 12.9. The third-order valence-corrected chi connectivity index (χ3v) is 4.44. The van der Waals surface area contributed by atoms with Gasteiger partial charge in [-0.3, -0.25) is 19.4 Å². The second-order valence-corrected chi connectivity index (χ2v) is 8.49. The van der Waals surface area contributed by atoms with Crippen LogP contribution in [0.3, 0.4) is 0 Å². The average Bonchev–Trinajstić information content (AvgIpc) is 2.67.